The Hall–Kier alpha value is -1.22. The highest BCUT2D eigenvalue weighted by Crippen LogP contribution is 2.29. The molecule has 0 atom stereocenters. The van der Waals surface area contributed by atoms with Crippen LogP contribution in [0, 0.1) is 6.92 Å². The highest BCUT2D eigenvalue weighted by atomic mass is 35.5. The summed E-state index contributed by atoms with van der Waals surface area (Å²) in [5, 5.41) is 4.26. The summed E-state index contributed by atoms with van der Waals surface area (Å²) in [4.78, 5) is 0. The lowest BCUT2D eigenvalue weighted by molar-refractivity contribution is 0.482. The third-order valence-electron chi connectivity index (χ3n) is 2.75. The smallest absolute Gasteiger partial charge is 0.130 e. The van der Waals surface area contributed by atoms with Gasteiger partial charge in [0.15, 0.2) is 0 Å². The minimum Gasteiger partial charge on any atom is -0.457 e. The number of nitrogens with one attached hydrogen (secondary N) is 1. The van der Waals surface area contributed by atoms with Gasteiger partial charge in [-0.05, 0) is 55.4 Å². The first-order chi connectivity index (χ1) is 9.08. The molecule has 2 rings (SSSR count). The van der Waals surface area contributed by atoms with Crippen molar-refractivity contribution in [1.82, 2.24) is 5.32 Å². The van der Waals surface area contributed by atoms with Crippen molar-refractivity contribution in [1.29, 1.82) is 0 Å². The summed E-state index contributed by atoms with van der Waals surface area (Å²) in [5.41, 5.74) is 2.43. The number of hydrogen-bond donors (Lipinski definition) is 1. The average molecular weight is 296 g/mol. The molecule has 2 aromatic rings. The molecule has 2 aromatic carbocycles. The van der Waals surface area contributed by atoms with Crippen molar-refractivity contribution in [3.8, 4) is 11.5 Å². The van der Waals surface area contributed by atoms with Crippen LogP contribution in [-0.2, 0) is 6.54 Å². The van der Waals surface area contributed by atoms with E-state index >= 15 is 0 Å². The van der Waals surface area contributed by atoms with Crippen LogP contribution < -0.4 is 10.1 Å². The maximum absolute atomic E-state index is 5.94. The van der Waals surface area contributed by atoms with Crippen LogP contribution in [-0.4, -0.2) is 7.05 Å². The predicted octanol–water partition coefficient (Wildman–Crippen LogP) is 4.81. The van der Waals surface area contributed by atoms with Gasteiger partial charge >= 0.3 is 0 Å². The van der Waals surface area contributed by atoms with Crippen molar-refractivity contribution < 1.29 is 4.74 Å². The summed E-state index contributed by atoms with van der Waals surface area (Å²) >= 11 is 11.9. The van der Waals surface area contributed by atoms with Gasteiger partial charge in [-0.2, -0.15) is 0 Å². The molecule has 0 aromatic heterocycles. The molecule has 0 heterocycles. The SMILES string of the molecule is CNCc1ccc(Oc2cc(Cl)cc(Cl)c2)cc1C. The van der Waals surface area contributed by atoms with Gasteiger partial charge in [0, 0.05) is 16.6 Å². The van der Waals surface area contributed by atoms with Gasteiger partial charge in [0.05, 0.1) is 0 Å². The van der Waals surface area contributed by atoms with Crippen LogP contribution in [0.4, 0.5) is 0 Å². The first kappa shape index (κ1) is 14.2. The lowest BCUT2D eigenvalue weighted by Crippen LogP contribution is -2.06. The van der Waals surface area contributed by atoms with Crippen molar-refractivity contribution in [2.24, 2.45) is 0 Å². The van der Waals surface area contributed by atoms with E-state index in [0.717, 1.165) is 12.3 Å². The van der Waals surface area contributed by atoms with E-state index in [9.17, 15) is 0 Å². The number of rotatable bonds is 4. The second-order valence-electron chi connectivity index (χ2n) is 4.33. The average Bonchev–Trinajstić information content (AvgIpc) is 2.31. The largest absolute Gasteiger partial charge is 0.457 e. The van der Waals surface area contributed by atoms with Crippen LogP contribution in [0.3, 0.4) is 0 Å². The maximum Gasteiger partial charge on any atom is 0.130 e. The van der Waals surface area contributed by atoms with E-state index in [2.05, 4.69) is 12.2 Å². The van der Waals surface area contributed by atoms with E-state index in [1.165, 1.54) is 11.1 Å². The van der Waals surface area contributed by atoms with E-state index < -0.39 is 0 Å². The van der Waals surface area contributed by atoms with Crippen molar-refractivity contribution in [3.63, 3.8) is 0 Å². The molecule has 0 aliphatic carbocycles. The fourth-order valence-electron chi connectivity index (χ4n) is 1.84. The molecule has 0 aliphatic rings. The highest BCUT2D eigenvalue weighted by molar-refractivity contribution is 6.34. The number of benzene rings is 2. The topological polar surface area (TPSA) is 21.3 Å². The van der Waals surface area contributed by atoms with E-state index in [4.69, 9.17) is 27.9 Å². The van der Waals surface area contributed by atoms with Crippen molar-refractivity contribution in [2.75, 3.05) is 7.05 Å². The number of hydrogen-bond acceptors (Lipinski definition) is 2. The van der Waals surface area contributed by atoms with Crippen LogP contribution in [0.5, 0.6) is 11.5 Å². The second-order valence-corrected chi connectivity index (χ2v) is 5.20. The van der Waals surface area contributed by atoms with Gasteiger partial charge < -0.3 is 10.1 Å². The zero-order valence-corrected chi connectivity index (χ0v) is 12.3. The Morgan fingerprint density at radius 3 is 2.26 bits per heavy atom. The lowest BCUT2D eigenvalue weighted by Gasteiger charge is -2.10. The van der Waals surface area contributed by atoms with E-state index in [1.54, 1.807) is 18.2 Å². The Morgan fingerprint density at radius 1 is 1.00 bits per heavy atom. The molecule has 0 radical (unpaired) electrons. The molecule has 2 nitrogen and oxygen atoms in total. The zero-order chi connectivity index (χ0) is 13.8. The summed E-state index contributed by atoms with van der Waals surface area (Å²) in [7, 11) is 1.93. The normalized spacial score (nSPS) is 10.5. The summed E-state index contributed by atoms with van der Waals surface area (Å²) in [6, 6.07) is 11.1. The number of ether oxygens (including phenoxy) is 1. The number of halogens is 2. The quantitative estimate of drug-likeness (QED) is 0.874. The van der Waals surface area contributed by atoms with Crippen molar-refractivity contribution in [2.45, 2.75) is 13.5 Å². The summed E-state index contributed by atoms with van der Waals surface area (Å²) in [6.45, 7) is 2.90. The summed E-state index contributed by atoms with van der Waals surface area (Å²) in [5.74, 6) is 1.41. The number of aryl methyl sites for hydroxylation is 1. The molecule has 19 heavy (non-hydrogen) atoms. The molecule has 100 valence electrons. The molecule has 0 saturated heterocycles. The molecular formula is C15H15Cl2NO. The van der Waals surface area contributed by atoms with Gasteiger partial charge in [-0.3, -0.25) is 0 Å². The Kier molecular flexibility index (Phi) is 4.70. The van der Waals surface area contributed by atoms with Crippen LogP contribution in [0.2, 0.25) is 10.0 Å². The first-order valence-corrected chi connectivity index (χ1v) is 6.72. The standard InChI is InChI=1S/C15H15Cl2NO/c1-10-5-14(4-3-11(10)9-18-2)19-15-7-12(16)6-13(17)8-15/h3-8,18H,9H2,1-2H3. The van der Waals surface area contributed by atoms with Crippen LogP contribution >= 0.6 is 23.2 Å². The van der Waals surface area contributed by atoms with Crippen molar-refractivity contribution >= 4 is 23.2 Å². The molecule has 0 bridgehead atoms. The van der Waals surface area contributed by atoms with E-state index in [0.29, 0.717) is 15.8 Å². The molecule has 0 spiro atoms. The van der Waals surface area contributed by atoms with Gasteiger partial charge in [0.2, 0.25) is 0 Å². The fourth-order valence-corrected chi connectivity index (χ4v) is 2.35. The predicted molar refractivity (Wildman–Crippen MR) is 80.5 cm³/mol. The second kappa shape index (κ2) is 6.29. The lowest BCUT2D eigenvalue weighted by atomic mass is 10.1. The molecule has 0 amide bonds. The molecule has 4 heteroatoms. The zero-order valence-electron chi connectivity index (χ0n) is 10.8. The van der Waals surface area contributed by atoms with Crippen LogP contribution in [0.25, 0.3) is 0 Å². The van der Waals surface area contributed by atoms with Gasteiger partial charge in [-0.1, -0.05) is 29.3 Å². The molecule has 1 N–H and O–H groups in total. The van der Waals surface area contributed by atoms with Crippen molar-refractivity contribution in [3.05, 3.63) is 57.6 Å². The fraction of sp³-hybridized carbons (Fsp3) is 0.200. The Bertz CT molecular complexity index is 564. The Labute approximate surface area is 123 Å². The monoisotopic (exact) mass is 295 g/mol. The maximum atomic E-state index is 5.94. The van der Waals surface area contributed by atoms with E-state index in [-0.39, 0.29) is 0 Å². The molecular weight excluding hydrogens is 281 g/mol. The van der Waals surface area contributed by atoms with Gasteiger partial charge in [-0.15, -0.1) is 0 Å². The summed E-state index contributed by atoms with van der Waals surface area (Å²) < 4.78 is 5.76. The van der Waals surface area contributed by atoms with Crippen LogP contribution in [0.1, 0.15) is 11.1 Å². The highest BCUT2D eigenvalue weighted by Gasteiger charge is 2.03. The Morgan fingerprint density at radius 2 is 1.68 bits per heavy atom. The van der Waals surface area contributed by atoms with Crippen LogP contribution in [0.15, 0.2) is 36.4 Å². The molecule has 0 saturated carbocycles. The van der Waals surface area contributed by atoms with Gasteiger partial charge in [-0.25, -0.2) is 0 Å². The third kappa shape index (κ3) is 3.87. The Balaban J connectivity index is 2.21. The van der Waals surface area contributed by atoms with E-state index in [1.807, 2.05) is 25.2 Å². The third-order valence-corrected chi connectivity index (χ3v) is 3.19. The van der Waals surface area contributed by atoms with Gasteiger partial charge in [0.1, 0.15) is 11.5 Å². The minimum absolute atomic E-state index is 0.561. The first-order valence-electron chi connectivity index (χ1n) is 5.96. The molecule has 0 fully saturated rings. The molecule has 0 aliphatic heterocycles. The minimum atomic E-state index is 0.561. The summed E-state index contributed by atoms with van der Waals surface area (Å²) in [6.07, 6.45) is 0. The van der Waals surface area contributed by atoms with Gasteiger partial charge in [0.25, 0.3) is 0 Å². The molecule has 0 unspecified atom stereocenters.